The number of hydrogen-bond acceptors (Lipinski definition) is 3. The largest absolute Gasteiger partial charge is 0.388 e. The molecule has 5 nitrogen and oxygen atoms in total. The number of hydrogen-bond donors (Lipinski definition) is 3. The van der Waals surface area contributed by atoms with Crippen molar-refractivity contribution in [3.05, 3.63) is 35.0 Å². The smallest absolute Gasteiger partial charge is 0.253 e. The Hall–Kier alpha value is -1.63. The van der Waals surface area contributed by atoms with Gasteiger partial charge in [-0.2, -0.15) is 0 Å². The molecule has 4 rings (SSSR count). The van der Waals surface area contributed by atoms with Gasteiger partial charge in [-0.1, -0.05) is 17.7 Å². The lowest BCUT2D eigenvalue weighted by Gasteiger charge is -2.38. The zero-order valence-corrected chi connectivity index (χ0v) is 16.9. The van der Waals surface area contributed by atoms with E-state index in [0.717, 1.165) is 30.5 Å². The molecule has 1 aliphatic heterocycles. The molecule has 2 fully saturated rings. The van der Waals surface area contributed by atoms with Crippen molar-refractivity contribution in [2.24, 2.45) is 5.92 Å². The van der Waals surface area contributed by atoms with Gasteiger partial charge in [0.15, 0.2) is 0 Å². The fraction of sp³-hybridized carbons (Fsp3) is 0.571. The first-order valence-corrected chi connectivity index (χ1v) is 10.3. The van der Waals surface area contributed by atoms with E-state index in [4.69, 9.17) is 11.6 Å². The molecular weight excluding hydrogens is 381 g/mol. The monoisotopic (exact) mass is 407 g/mol. The third kappa shape index (κ3) is 3.91. The molecule has 2 unspecified atom stereocenters. The minimum absolute atomic E-state index is 0.0367. The van der Waals surface area contributed by atoms with Crippen LogP contribution in [0.4, 0.5) is 4.39 Å². The molecule has 2 atom stereocenters. The van der Waals surface area contributed by atoms with Crippen molar-refractivity contribution in [3.63, 3.8) is 0 Å². The highest BCUT2D eigenvalue weighted by atomic mass is 35.5. The Morgan fingerprint density at radius 2 is 2.21 bits per heavy atom. The van der Waals surface area contributed by atoms with E-state index in [2.05, 4.69) is 15.2 Å². The SMILES string of the molecule is CC1(F)CCCC(O)(CNC(=O)c2cn(CC3CNC3)c3cccc(Cl)c23)C1. The summed E-state index contributed by atoms with van der Waals surface area (Å²) in [5, 5.41) is 18.1. The second kappa shape index (κ2) is 7.32. The van der Waals surface area contributed by atoms with E-state index in [0.29, 0.717) is 35.8 Å². The van der Waals surface area contributed by atoms with Gasteiger partial charge < -0.3 is 20.3 Å². The molecule has 1 aromatic carbocycles. The Bertz CT molecular complexity index is 893. The summed E-state index contributed by atoms with van der Waals surface area (Å²) in [4.78, 5) is 12.9. The highest BCUT2D eigenvalue weighted by Crippen LogP contribution is 2.37. The minimum atomic E-state index is -1.39. The third-order valence-electron chi connectivity index (χ3n) is 6.04. The van der Waals surface area contributed by atoms with E-state index in [1.807, 2.05) is 18.3 Å². The number of carbonyl (C=O) groups excluding carboxylic acids is 1. The topological polar surface area (TPSA) is 66.3 Å². The molecule has 0 spiro atoms. The Balaban J connectivity index is 1.55. The van der Waals surface area contributed by atoms with Crippen LogP contribution in [-0.4, -0.2) is 46.5 Å². The summed E-state index contributed by atoms with van der Waals surface area (Å²) < 4.78 is 16.4. The molecule has 0 bridgehead atoms. The van der Waals surface area contributed by atoms with Crippen LogP contribution in [0.3, 0.4) is 0 Å². The normalized spacial score (nSPS) is 28.3. The number of aromatic nitrogens is 1. The number of alkyl halides is 1. The van der Waals surface area contributed by atoms with E-state index in [-0.39, 0.29) is 18.9 Å². The number of nitrogens with zero attached hydrogens (tertiary/aromatic N) is 1. The number of benzene rings is 1. The number of rotatable bonds is 5. The van der Waals surface area contributed by atoms with Crippen LogP contribution in [-0.2, 0) is 6.54 Å². The molecular formula is C21H27ClFN3O2. The summed E-state index contributed by atoms with van der Waals surface area (Å²) in [6.45, 7) is 4.31. The second-order valence-corrected chi connectivity index (χ2v) is 9.11. The van der Waals surface area contributed by atoms with Crippen LogP contribution >= 0.6 is 11.6 Å². The van der Waals surface area contributed by atoms with Crippen LogP contribution in [0.5, 0.6) is 0 Å². The average Bonchev–Trinajstić information content (AvgIpc) is 2.95. The van der Waals surface area contributed by atoms with E-state index >= 15 is 0 Å². The van der Waals surface area contributed by atoms with Crippen molar-refractivity contribution in [1.82, 2.24) is 15.2 Å². The molecule has 1 aromatic heterocycles. The van der Waals surface area contributed by atoms with Crippen LogP contribution < -0.4 is 10.6 Å². The van der Waals surface area contributed by atoms with Gasteiger partial charge in [-0.15, -0.1) is 0 Å². The Labute approximate surface area is 169 Å². The van der Waals surface area contributed by atoms with E-state index in [9.17, 15) is 14.3 Å². The first kappa shape index (κ1) is 19.7. The molecule has 28 heavy (non-hydrogen) atoms. The molecule has 152 valence electrons. The summed E-state index contributed by atoms with van der Waals surface area (Å²) in [6, 6.07) is 5.63. The Kier molecular flexibility index (Phi) is 5.14. The maximum Gasteiger partial charge on any atom is 0.253 e. The zero-order chi connectivity index (χ0) is 19.9. The maximum absolute atomic E-state index is 14.3. The molecule has 3 N–H and O–H groups in total. The molecule has 2 aliphatic rings. The van der Waals surface area contributed by atoms with Gasteiger partial charge in [0.05, 0.1) is 21.7 Å². The fourth-order valence-corrected chi connectivity index (χ4v) is 4.80. The van der Waals surface area contributed by atoms with Crippen molar-refractivity contribution in [2.75, 3.05) is 19.6 Å². The van der Waals surface area contributed by atoms with Gasteiger partial charge in [0.1, 0.15) is 5.67 Å². The van der Waals surface area contributed by atoms with Crippen LogP contribution in [0.15, 0.2) is 24.4 Å². The van der Waals surface area contributed by atoms with Gasteiger partial charge in [-0.3, -0.25) is 4.79 Å². The maximum atomic E-state index is 14.3. The van der Waals surface area contributed by atoms with Crippen LogP contribution in [0.1, 0.15) is 43.0 Å². The highest BCUT2D eigenvalue weighted by Gasteiger charge is 2.41. The van der Waals surface area contributed by atoms with Crippen molar-refractivity contribution >= 4 is 28.4 Å². The number of aliphatic hydroxyl groups is 1. The number of amides is 1. The van der Waals surface area contributed by atoms with Gasteiger partial charge in [-0.05, 0) is 38.3 Å². The van der Waals surface area contributed by atoms with Crippen molar-refractivity contribution in [2.45, 2.75) is 50.4 Å². The molecule has 0 radical (unpaired) electrons. The zero-order valence-electron chi connectivity index (χ0n) is 16.1. The summed E-state index contributed by atoms with van der Waals surface area (Å²) >= 11 is 6.41. The van der Waals surface area contributed by atoms with Gasteiger partial charge >= 0.3 is 0 Å². The van der Waals surface area contributed by atoms with Crippen molar-refractivity contribution in [3.8, 4) is 0 Å². The lowest BCUT2D eigenvalue weighted by molar-refractivity contribution is -0.0533. The molecule has 1 amide bonds. The number of nitrogens with one attached hydrogen (secondary N) is 2. The Morgan fingerprint density at radius 3 is 2.89 bits per heavy atom. The van der Waals surface area contributed by atoms with E-state index < -0.39 is 11.3 Å². The van der Waals surface area contributed by atoms with E-state index in [1.54, 1.807) is 6.07 Å². The first-order valence-electron chi connectivity index (χ1n) is 9.94. The predicted octanol–water partition coefficient (Wildman–Crippen LogP) is 3.28. The average molecular weight is 408 g/mol. The summed E-state index contributed by atoms with van der Waals surface area (Å²) in [7, 11) is 0. The van der Waals surface area contributed by atoms with Gasteiger partial charge in [0.2, 0.25) is 0 Å². The first-order chi connectivity index (χ1) is 13.3. The molecule has 7 heteroatoms. The quantitative estimate of drug-likeness (QED) is 0.712. The van der Waals surface area contributed by atoms with Gasteiger partial charge in [-0.25, -0.2) is 4.39 Å². The summed E-state index contributed by atoms with van der Waals surface area (Å²) in [5.74, 6) is 0.249. The fourth-order valence-electron chi connectivity index (χ4n) is 4.53. The molecule has 1 aliphatic carbocycles. The molecule has 1 saturated heterocycles. The van der Waals surface area contributed by atoms with Crippen LogP contribution in [0.2, 0.25) is 5.02 Å². The number of fused-ring (bicyclic) bond motifs is 1. The number of carbonyl (C=O) groups is 1. The van der Waals surface area contributed by atoms with Crippen molar-refractivity contribution < 1.29 is 14.3 Å². The van der Waals surface area contributed by atoms with Crippen LogP contribution in [0.25, 0.3) is 10.9 Å². The van der Waals surface area contributed by atoms with Gasteiger partial charge in [0.25, 0.3) is 5.91 Å². The van der Waals surface area contributed by atoms with Gasteiger partial charge in [0, 0.05) is 50.1 Å². The number of halogens is 2. The summed E-state index contributed by atoms with van der Waals surface area (Å²) in [6.07, 6.45) is 3.43. The highest BCUT2D eigenvalue weighted by molar-refractivity contribution is 6.36. The van der Waals surface area contributed by atoms with Crippen LogP contribution in [0, 0.1) is 5.92 Å². The minimum Gasteiger partial charge on any atom is -0.388 e. The predicted molar refractivity (Wildman–Crippen MR) is 109 cm³/mol. The lowest BCUT2D eigenvalue weighted by atomic mass is 9.77. The lowest BCUT2D eigenvalue weighted by Crippen LogP contribution is -2.49. The third-order valence-corrected chi connectivity index (χ3v) is 6.35. The standard InChI is InChI=1S/C21H27ClFN3O2/c1-20(23)6-3-7-21(28,12-20)13-25-19(27)15-11-26(10-14-8-24-9-14)17-5-2-4-16(22)18(15)17/h2,4-5,11,14,24,28H,3,6-10,12-13H2,1H3,(H,25,27). The Morgan fingerprint density at radius 1 is 1.43 bits per heavy atom. The second-order valence-electron chi connectivity index (χ2n) is 8.70. The summed E-state index contributed by atoms with van der Waals surface area (Å²) in [5.41, 5.74) is -1.18. The molecule has 2 heterocycles. The van der Waals surface area contributed by atoms with E-state index in [1.165, 1.54) is 6.92 Å². The molecule has 2 aromatic rings. The molecule has 1 saturated carbocycles. The van der Waals surface area contributed by atoms with Crippen molar-refractivity contribution in [1.29, 1.82) is 0 Å².